The van der Waals surface area contributed by atoms with Crippen molar-refractivity contribution in [2.75, 3.05) is 18.4 Å². The minimum atomic E-state index is -0.860. The number of carboxylic acids is 1. The lowest BCUT2D eigenvalue weighted by molar-refractivity contribution is -0.143. The molecule has 1 atom stereocenters. The van der Waals surface area contributed by atoms with Crippen LogP contribution in [0.2, 0.25) is 0 Å². The Bertz CT molecular complexity index is 548. The molecule has 0 aliphatic carbocycles. The number of amides is 2. The molecule has 1 fully saturated rings. The van der Waals surface area contributed by atoms with Crippen molar-refractivity contribution >= 4 is 17.7 Å². The van der Waals surface area contributed by atoms with Crippen molar-refractivity contribution in [2.24, 2.45) is 5.92 Å². The van der Waals surface area contributed by atoms with E-state index in [2.05, 4.69) is 5.32 Å². The van der Waals surface area contributed by atoms with Gasteiger partial charge in [0, 0.05) is 18.8 Å². The second kappa shape index (κ2) is 6.06. The van der Waals surface area contributed by atoms with Gasteiger partial charge in [0.1, 0.15) is 0 Å². The first-order valence-corrected chi connectivity index (χ1v) is 6.39. The van der Waals surface area contributed by atoms with Gasteiger partial charge >= 0.3 is 12.0 Å². The Morgan fingerprint density at radius 3 is 2.65 bits per heavy atom. The van der Waals surface area contributed by atoms with Crippen molar-refractivity contribution in [2.45, 2.75) is 12.8 Å². The number of nitrogens with zero attached hydrogens (tertiary/aromatic N) is 2. The topological polar surface area (TPSA) is 93.4 Å². The molecule has 6 nitrogen and oxygen atoms in total. The van der Waals surface area contributed by atoms with E-state index in [-0.39, 0.29) is 12.6 Å². The Kier molecular flexibility index (Phi) is 4.20. The molecule has 1 aliphatic rings. The molecule has 104 valence electrons. The molecule has 1 aromatic rings. The zero-order valence-corrected chi connectivity index (χ0v) is 10.9. The van der Waals surface area contributed by atoms with Gasteiger partial charge in [-0.15, -0.1) is 0 Å². The maximum Gasteiger partial charge on any atom is 0.321 e. The molecule has 2 rings (SSSR count). The van der Waals surface area contributed by atoms with Crippen LogP contribution in [-0.4, -0.2) is 35.1 Å². The highest BCUT2D eigenvalue weighted by molar-refractivity contribution is 5.89. The van der Waals surface area contributed by atoms with Gasteiger partial charge in [0.2, 0.25) is 0 Å². The van der Waals surface area contributed by atoms with E-state index in [9.17, 15) is 9.59 Å². The van der Waals surface area contributed by atoms with E-state index in [4.69, 9.17) is 10.4 Å². The number of carboxylic acid groups (broad SMARTS) is 1. The van der Waals surface area contributed by atoms with E-state index in [0.717, 1.165) is 0 Å². The molecule has 2 N–H and O–H groups in total. The normalized spacial score (nSPS) is 18.1. The lowest BCUT2D eigenvalue weighted by atomic mass is 9.99. The highest BCUT2D eigenvalue weighted by Crippen LogP contribution is 2.18. The SMILES string of the molecule is N#Cc1ccc(NC(=O)N2CCC[C@H](C(=O)O)C2)cc1. The Hall–Kier alpha value is -2.55. The lowest BCUT2D eigenvalue weighted by Gasteiger charge is -2.30. The predicted molar refractivity (Wildman–Crippen MR) is 72.1 cm³/mol. The average molecular weight is 273 g/mol. The van der Waals surface area contributed by atoms with E-state index in [0.29, 0.717) is 30.6 Å². The van der Waals surface area contributed by atoms with Crippen LogP contribution in [0, 0.1) is 17.2 Å². The molecule has 0 unspecified atom stereocenters. The van der Waals surface area contributed by atoms with E-state index < -0.39 is 11.9 Å². The summed E-state index contributed by atoms with van der Waals surface area (Å²) in [5, 5.41) is 20.4. The summed E-state index contributed by atoms with van der Waals surface area (Å²) in [6.45, 7) is 0.795. The van der Waals surface area contributed by atoms with Crippen molar-refractivity contribution in [1.82, 2.24) is 4.90 Å². The summed E-state index contributed by atoms with van der Waals surface area (Å²) in [5.41, 5.74) is 1.11. The maximum atomic E-state index is 12.0. The molecule has 20 heavy (non-hydrogen) atoms. The molecule has 0 bridgehead atoms. The second-order valence-corrected chi connectivity index (χ2v) is 4.74. The largest absolute Gasteiger partial charge is 0.481 e. The number of hydrogen-bond acceptors (Lipinski definition) is 3. The molecule has 0 spiro atoms. The van der Waals surface area contributed by atoms with E-state index in [1.165, 1.54) is 4.90 Å². The van der Waals surface area contributed by atoms with Crippen molar-refractivity contribution in [3.05, 3.63) is 29.8 Å². The number of nitriles is 1. The summed E-state index contributed by atoms with van der Waals surface area (Å²) in [4.78, 5) is 24.5. The number of benzene rings is 1. The highest BCUT2D eigenvalue weighted by atomic mass is 16.4. The quantitative estimate of drug-likeness (QED) is 0.860. The van der Waals surface area contributed by atoms with Gasteiger partial charge in [0.15, 0.2) is 0 Å². The van der Waals surface area contributed by atoms with Crippen LogP contribution in [0.15, 0.2) is 24.3 Å². The number of urea groups is 1. The number of rotatable bonds is 2. The molecule has 1 heterocycles. The fourth-order valence-electron chi connectivity index (χ4n) is 2.19. The van der Waals surface area contributed by atoms with Crippen LogP contribution in [0.3, 0.4) is 0 Å². The highest BCUT2D eigenvalue weighted by Gasteiger charge is 2.28. The second-order valence-electron chi connectivity index (χ2n) is 4.74. The first-order chi connectivity index (χ1) is 9.60. The number of piperidine rings is 1. The van der Waals surface area contributed by atoms with Gasteiger partial charge in [-0.25, -0.2) is 4.79 Å². The van der Waals surface area contributed by atoms with Gasteiger partial charge in [-0.1, -0.05) is 0 Å². The van der Waals surface area contributed by atoms with Crippen LogP contribution < -0.4 is 5.32 Å². The van der Waals surface area contributed by atoms with Crippen LogP contribution in [0.1, 0.15) is 18.4 Å². The summed E-state index contributed by atoms with van der Waals surface area (Å²) in [6.07, 6.45) is 1.30. The van der Waals surface area contributed by atoms with Crippen LogP contribution in [0.25, 0.3) is 0 Å². The van der Waals surface area contributed by atoms with E-state index in [1.54, 1.807) is 24.3 Å². The summed E-state index contributed by atoms with van der Waals surface area (Å²) in [5.74, 6) is -1.35. The average Bonchev–Trinajstić information content (AvgIpc) is 2.48. The van der Waals surface area contributed by atoms with Gasteiger partial charge in [0.05, 0.1) is 17.6 Å². The number of aliphatic carboxylic acids is 1. The van der Waals surface area contributed by atoms with Crippen LogP contribution in [-0.2, 0) is 4.79 Å². The van der Waals surface area contributed by atoms with Gasteiger partial charge < -0.3 is 15.3 Å². The number of carbonyl (C=O) groups is 2. The summed E-state index contributed by atoms with van der Waals surface area (Å²) >= 11 is 0. The standard InChI is InChI=1S/C14H15N3O3/c15-8-10-3-5-12(6-4-10)16-14(20)17-7-1-2-11(9-17)13(18)19/h3-6,11H,1-2,7,9H2,(H,16,20)(H,18,19)/t11-/m0/s1. The monoisotopic (exact) mass is 273 g/mol. The number of likely N-dealkylation sites (tertiary alicyclic amines) is 1. The number of nitrogens with one attached hydrogen (secondary N) is 1. The maximum absolute atomic E-state index is 12.0. The zero-order chi connectivity index (χ0) is 14.5. The molecule has 0 saturated carbocycles. The molecular weight excluding hydrogens is 258 g/mol. The van der Waals surface area contributed by atoms with Crippen LogP contribution in [0.5, 0.6) is 0 Å². The smallest absolute Gasteiger partial charge is 0.321 e. The fourth-order valence-corrected chi connectivity index (χ4v) is 2.19. The fraction of sp³-hybridized carbons (Fsp3) is 0.357. The number of anilines is 1. The predicted octanol–water partition coefficient (Wildman–Crippen LogP) is 1.89. The van der Waals surface area contributed by atoms with Gasteiger partial charge in [-0.05, 0) is 37.1 Å². The third kappa shape index (κ3) is 3.26. The molecule has 0 aromatic heterocycles. The first-order valence-electron chi connectivity index (χ1n) is 6.39. The minimum Gasteiger partial charge on any atom is -0.481 e. The lowest BCUT2D eigenvalue weighted by Crippen LogP contribution is -2.44. The molecule has 1 saturated heterocycles. The molecular formula is C14H15N3O3. The molecule has 2 amide bonds. The van der Waals surface area contributed by atoms with Crippen molar-refractivity contribution in [3.8, 4) is 6.07 Å². The molecule has 1 aliphatic heterocycles. The number of carbonyl (C=O) groups excluding carboxylic acids is 1. The Labute approximate surface area is 116 Å². The minimum absolute atomic E-state index is 0.234. The van der Waals surface area contributed by atoms with Crippen LogP contribution >= 0.6 is 0 Å². The van der Waals surface area contributed by atoms with Gasteiger partial charge in [-0.2, -0.15) is 5.26 Å². The third-order valence-electron chi connectivity index (χ3n) is 3.32. The Morgan fingerprint density at radius 2 is 2.05 bits per heavy atom. The van der Waals surface area contributed by atoms with Crippen molar-refractivity contribution < 1.29 is 14.7 Å². The molecule has 6 heteroatoms. The van der Waals surface area contributed by atoms with Gasteiger partial charge in [-0.3, -0.25) is 4.79 Å². The summed E-state index contributed by atoms with van der Waals surface area (Å²) in [7, 11) is 0. The van der Waals surface area contributed by atoms with Crippen molar-refractivity contribution in [1.29, 1.82) is 5.26 Å². The molecule has 0 radical (unpaired) electrons. The summed E-state index contributed by atoms with van der Waals surface area (Å²) < 4.78 is 0. The van der Waals surface area contributed by atoms with E-state index in [1.807, 2.05) is 6.07 Å². The molecule has 1 aromatic carbocycles. The number of hydrogen-bond donors (Lipinski definition) is 2. The van der Waals surface area contributed by atoms with Gasteiger partial charge in [0.25, 0.3) is 0 Å². The third-order valence-corrected chi connectivity index (χ3v) is 3.32. The summed E-state index contributed by atoms with van der Waals surface area (Å²) in [6, 6.07) is 8.23. The Balaban J connectivity index is 1.97. The van der Waals surface area contributed by atoms with Crippen molar-refractivity contribution in [3.63, 3.8) is 0 Å². The zero-order valence-electron chi connectivity index (χ0n) is 10.9. The Morgan fingerprint density at radius 1 is 1.35 bits per heavy atom. The first kappa shape index (κ1) is 13.9. The van der Waals surface area contributed by atoms with Crippen LogP contribution in [0.4, 0.5) is 10.5 Å². The van der Waals surface area contributed by atoms with E-state index >= 15 is 0 Å².